The fourth-order valence-corrected chi connectivity index (χ4v) is 2.71. The molecule has 3 rings (SSSR count). The zero-order valence-electron chi connectivity index (χ0n) is 11.0. The molecule has 0 unspecified atom stereocenters. The first-order chi connectivity index (χ1) is 9.31. The largest absolute Gasteiger partial charge is 0.493 e. The molecule has 19 heavy (non-hydrogen) atoms. The predicted octanol–water partition coefficient (Wildman–Crippen LogP) is 3.88. The zero-order chi connectivity index (χ0) is 13.2. The van der Waals surface area contributed by atoms with E-state index in [1.165, 1.54) is 5.56 Å². The Bertz CT molecular complexity index is 629. The first-order valence-corrected chi connectivity index (χ1v) is 6.68. The molecule has 0 aliphatic heterocycles. The number of benzene rings is 2. The highest BCUT2D eigenvalue weighted by atomic mass is 16.5. The molecule has 0 saturated carbocycles. The molecule has 0 spiro atoms. The number of para-hydroxylation sites is 1. The summed E-state index contributed by atoms with van der Waals surface area (Å²) in [6.45, 7) is 2.63. The van der Waals surface area contributed by atoms with Crippen LogP contribution in [-0.4, -0.2) is 12.4 Å². The van der Waals surface area contributed by atoms with Gasteiger partial charge in [0.05, 0.1) is 6.61 Å². The van der Waals surface area contributed by atoms with Crippen LogP contribution in [0.3, 0.4) is 0 Å². The van der Waals surface area contributed by atoms with Gasteiger partial charge in [0, 0.05) is 17.5 Å². The van der Waals surface area contributed by atoms with E-state index in [4.69, 9.17) is 4.74 Å². The van der Waals surface area contributed by atoms with Crippen LogP contribution in [0.25, 0.3) is 11.1 Å². The van der Waals surface area contributed by atoms with E-state index in [-0.39, 0.29) is 5.78 Å². The molecule has 0 heterocycles. The molecule has 2 aromatic rings. The molecular weight excluding hydrogens is 236 g/mol. The summed E-state index contributed by atoms with van der Waals surface area (Å²) < 4.78 is 5.69. The quantitative estimate of drug-likeness (QED) is 0.828. The fraction of sp³-hybridized carbons (Fsp3) is 0.235. The molecule has 96 valence electrons. The normalized spacial score (nSPS) is 13.4. The molecule has 0 radical (unpaired) electrons. The van der Waals surface area contributed by atoms with Crippen molar-refractivity contribution in [2.75, 3.05) is 6.61 Å². The van der Waals surface area contributed by atoms with Gasteiger partial charge in [0.1, 0.15) is 5.75 Å². The van der Waals surface area contributed by atoms with Crippen molar-refractivity contribution in [2.24, 2.45) is 0 Å². The fourth-order valence-electron chi connectivity index (χ4n) is 2.71. The molecular formula is C17H16O2. The topological polar surface area (TPSA) is 26.3 Å². The molecule has 0 amide bonds. The molecule has 2 nitrogen and oxygen atoms in total. The molecule has 0 saturated heterocycles. The summed E-state index contributed by atoms with van der Waals surface area (Å²) in [5.41, 5.74) is 4.26. The lowest BCUT2D eigenvalue weighted by Gasteiger charge is -2.13. The Balaban J connectivity index is 2.16. The monoisotopic (exact) mass is 252 g/mol. The van der Waals surface area contributed by atoms with Gasteiger partial charge < -0.3 is 4.74 Å². The Morgan fingerprint density at radius 3 is 2.53 bits per heavy atom. The number of ketones is 1. The third-order valence-corrected chi connectivity index (χ3v) is 3.56. The van der Waals surface area contributed by atoms with Gasteiger partial charge in [-0.1, -0.05) is 36.4 Å². The molecule has 2 heteroatoms. The predicted molar refractivity (Wildman–Crippen MR) is 75.7 cm³/mol. The summed E-state index contributed by atoms with van der Waals surface area (Å²) in [6.07, 6.45) is 1.47. The molecule has 1 aliphatic rings. The second-order valence-corrected chi connectivity index (χ2v) is 4.68. The van der Waals surface area contributed by atoms with Crippen molar-refractivity contribution in [1.82, 2.24) is 0 Å². The maximum absolute atomic E-state index is 11.8. The first-order valence-electron chi connectivity index (χ1n) is 6.68. The van der Waals surface area contributed by atoms with Gasteiger partial charge in [0.15, 0.2) is 5.78 Å². The average molecular weight is 252 g/mol. The van der Waals surface area contributed by atoms with Crippen LogP contribution in [0.4, 0.5) is 0 Å². The van der Waals surface area contributed by atoms with E-state index in [9.17, 15) is 4.79 Å². The van der Waals surface area contributed by atoms with Crippen LogP contribution in [0.1, 0.15) is 29.3 Å². The number of carbonyl (C=O) groups excluding carboxylic acids is 1. The van der Waals surface area contributed by atoms with Gasteiger partial charge in [-0.15, -0.1) is 0 Å². The van der Waals surface area contributed by atoms with Crippen LogP contribution in [0.5, 0.6) is 5.75 Å². The number of carbonyl (C=O) groups is 1. The van der Waals surface area contributed by atoms with Gasteiger partial charge in [0.25, 0.3) is 0 Å². The molecule has 0 aromatic heterocycles. The maximum atomic E-state index is 11.8. The van der Waals surface area contributed by atoms with Gasteiger partial charge >= 0.3 is 0 Å². The zero-order valence-corrected chi connectivity index (χ0v) is 11.0. The standard InChI is InChI=1S/C17H16O2/c1-2-19-17-9-4-3-6-15(17)12-7-5-8-14-13(12)10-11-16(14)18/h3-9H,2,10-11H2,1H3. The highest BCUT2D eigenvalue weighted by molar-refractivity contribution is 6.02. The average Bonchev–Trinajstić information content (AvgIpc) is 2.82. The van der Waals surface area contributed by atoms with E-state index >= 15 is 0 Å². The van der Waals surface area contributed by atoms with Crippen molar-refractivity contribution < 1.29 is 9.53 Å². The van der Waals surface area contributed by atoms with Crippen LogP contribution in [0, 0.1) is 0 Å². The Morgan fingerprint density at radius 2 is 1.68 bits per heavy atom. The van der Waals surface area contributed by atoms with Crippen LogP contribution >= 0.6 is 0 Å². The minimum atomic E-state index is 0.255. The van der Waals surface area contributed by atoms with Gasteiger partial charge in [0.2, 0.25) is 0 Å². The second kappa shape index (κ2) is 4.88. The van der Waals surface area contributed by atoms with Crippen molar-refractivity contribution >= 4 is 5.78 Å². The number of ether oxygens (including phenoxy) is 1. The van der Waals surface area contributed by atoms with Crippen molar-refractivity contribution in [2.45, 2.75) is 19.8 Å². The van der Waals surface area contributed by atoms with Gasteiger partial charge in [-0.05, 0) is 30.5 Å². The third kappa shape index (κ3) is 2.03. The highest BCUT2D eigenvalue weighted by Crippen LogP contribution is 2.36. The molecule has 2 aromatic carbocycles. The lowest BCUT2D eigenvalue weighted by atomic mass is 9.96. The summed E-state index contributed by atoms with van der Waals surface area (Å²) in [7, 11) is 0. The summed E-state index contributed by atoms with van der Waals surface area (Å²) in [4.78, 5) is 11.8. The van der Waals surface area contributed by atoms with E-state index in [0.717, 1.165) is 28.9 Å². The lowest BCUT2D eigenvalue weighted by molar-refractivity contribution is 0.0994. The summed E-state index contributed by atoms with van der Waals surface area (Å²) in [6, 6.07) is 14.0. The van der Waals surface area contributed by atoms with E-state index in [1.54, 1.807) is 0 Å². The number of hydrogen-bond acceptors (Lipinski definition) is 2. The second-order valence-electron chi connectivity index (χ2n) is 4.68. The Kier molecular flexibility index (Phi) is 3.08. The van der Waals surface area contributed by atoms with E-state index in [0.29, 0.717) is 13.0 Å². The molecule has 1 aliphatic carbocycles. The smallest absolute Gasteiger partial charge is 0.163 e. The van der Waals surface area contributed by atoms with Crippen LogP contribution in [0.2, 0.25) is 0 Å². The summed E-state index contributed by atoms with van der Waals surface area (Å²) in [5, 5.41) is 0. The molecule has 0 bridgehead atoms. The molecule has 0 N–H and O–H groups in total. The van der Waals surface area contributed by atoms with Crippen LogP contribution in [0.15, 0.2) is 42.5 Å². The van der Waals surface area contributed by atoms with E-state index in [1.807, 2.05) is 37.3 Å². The van der Waals surface area contributed by atoms with Gasteiger partial charge in [-0.2, -0.15) is 0 Å². The first kappa shape index (κ1) is 12.0. The van der Waals surface area contributed by atoms with Crippen LogP contribution < -0.4 is 4.74 Å². The van der Waals surface area contributed by atoms with Gasteiger partial charge in [-0.3, -0.25) is 4.79 Å². The number of rotatable bonds is 3. The minimum absolute atomic E-state index is 0.255. The lowest BCUT2D eigenvalue weighted by Crippen LogP contribution is -1.96. The van der Waals surface area contributed by atoms with E-state index in [2.05, 4.69) is 12.1 Å². The Hall–Kier alpha value is -2.09. The van der Waals surface area contributed by atoms with Crippen molar-refractivity contribution in [3.8, 4) is 16.9 Å². The summed E-state index contributed by atoms with van der Waals surface area (Å²) in [5.74, 6) is 1.14. The van der Waals surface area contributed by atoms with Crippen molar-refractivity contribution in [3.05, 3.63) is 53.6 Å². The molecule has 0 fully saturated rings. The van der Waals surface area contributed by atoms with Crippen molar-refractivity contribution in [3.63, 3.8) is 0 Å². The van der Waals surface area contributed by atoms with E-state index < -0.39 is 0 Å². The highest BCUT2D eigenvalue weighted by Gasteiger charge is 2.23. The third-order valence-electron chi connectivity index (χ3n) is 3.56. The SMILES string of the molecule is CCOc1ccccc1-c1cccc2c1CCC2=O. The Morgan fingerprint density at radius 1 is 0.947 bits per heavy atom. The number of hydrogen-bond donors (Lipinski definition) is 0. The summed E-state index contributed by atoms with van der Waals surface area (Å²) >= 11 is 0. The molecule has 0 atom stereocenters. The minimum Gasteiger partial charge on any atom is -0.493 e. The van der Waals surface area contributed by atoms with Gasteiger partial charge in [-0.25, -0.2) is 0 Å². The number of fused-ring (bicyclic) bond motifs is 1. The van der Waals surface area contributed by atoms with Crippen LogP contribution in [-0.2, 0) is 6.42 Å². The van der Waals surface area contributed by atoms with Crippen molar-refractivity contribution in [1.29, 1.82) is 0 Å². The Labute approximate surface area is 113 Å². The number of Topliss-reactive ketones (excluding diaryl/α,β-unsaturated/α-hetero) is 1. The maximum Gasteiger partial charge on any atom is 0.163 e.